The van der Waals surface area contributed by atoms with Crippen LogP contribution in [0, 0.1) is 0 Å². The Morgan fingerprint density at radius 1 is 1.19 bits per heavy atom. The summed E-state index contributed by atoms with van der Waals surface area (Å²) in [7, 11) is 0. The first kappa shape index (κ1) is 16.4. The maximum absolute atomic E-state index is 11.7. The molecule has 0 atom stereocenters. The van der Waals surface area contributed by atoms with E-state index in [0.29, 0.717) is 17.8 Å². The van der Waals surface area contributed by atoms with Crippen molar-refractivity contribution in [1.82, 2.24) is 5.32 Å². The molecule has 21 heavy (non-hydrogen) atoms. The van der Waals surface area contributed by atoms with Gasteiger partial charge in [-0.1, -0.05) is 6.07 Å². The Balaban J connectivity index is 2.66. The summed E-state index contributed by atoms with van der Waals surface area (Å²) in [6, 6.07) is 6.52. The smallest absolute Gasteiger partial charge is 0.330 e. The molecule has 6 nitrogen and oxygen atoms in total. The van der Waals surface area contributed by atoms with E-state index in [0.717, 1.165) is 12.2 Å². The van der Waals surface area contributed by atoms with E-state index in [-0.39, 0.29) is 12.5 Å². The highest BCUT2D eigenvalue weighted by atomic mass is 16.5. The molecule has 0 saturated heterocycles. The van der Waals surface area contributed by atoms with Gasteiger partial charge in [-0.25, -0.2) is 4.79 Å². The van der Waals surface area contributed by atoms with Crippen LogP contribution in [-0.4, -0.2) is 30.9 Å². The second-order valence-corrected chi connectivity index (χ2v) is 4.01. The van der Waals surface area contributed by atoms with E-state index in [1.165, 1.54) is 0 Å². The Labute approximate surface area is 123 Å². The van der Waals surface area contributed by atoms with Crippen molar-refractivity contribution in [3.8, 4) is 0 Å². The van der Waals surface area contributed by atoms with E-state index in [4.69, 9.17) is 0 Å². The lowest BCUT2D eigenvalue weighted by atomic mass is 10.2. The number of carbonyl (C=O) groups excluding carboxylic acids is 3. The summed E-state index contributed by atoms with van der Waals surface area (Å²) in [6.07, 6.45) is 2.13. The van der Waals surface area contributed by atoms with Gasteiger partial charge in [-0.15, -0.1) is 0 Å². The Morgan fingerprint density at radius 2 is 1.95 bits per heavy atom. The molecule has 6 heteroatoms. The number of ether oxygens (including phenoxy) is 1. The molecule has 0 saturated carbocycles. The number of hydrogen-bond donors (Lipinski definition) is 2. The highest BCUT2D eigenvalue weighted by Crippen LogP contribution is 2.10. The fourth-order valence-electron chi connectivity index (χ4n) is 1.52. The van der Waals surface area contributed by atoms with Crippen LogP contribution in [0.2, 0.25) is 0 Å². The normalized spacial score (nSPS) is 10.2. The van der Waals surface area contributed by atoms with Gasteiger partial charge in [0.15, 0.2) is 0 Å². The summed E-state index contributed by atoms with van der Waals surface area (Å²) in [6.45, 7) is 4.28. The van der Waals surface area contributed by atoms with Crippen molar-refractivity contribution in [2.45, 2.75) is 13.8 Å². The van der Waals surface area contributed by atoms with Gasteiger partial charge in [-0.05, 0) is 32.0 Å². The van der Waals surface area contributed by atoms with Crippen LogP contribution in [-0.2, 0) is 14.3 Å². The van der Waals surface area contributed by atoms with Crippen LogP contribution >= 0.6 is 0 Å². The zero-order valence-corrected chi connectivity index (χ0v) is 12.0. The third-order valence-electron chi connectivity index (χ3n) is 2.39. The Bertz CT molecular complexity index is 552. The number of anilines is 1. The van der Waals surface area contributed by atoms with Crippen LogP contribution in [0.15, 0.2) is 36.4 Å². The molecule has 1 rings (SSSR count). The average molecular weight is 290 g/mol. The molecular weight excluding hydrogens is 272 g/mol. The van der Waals surface area contributed by atoms with E-state index in [1.807, 2.05) is 6.92 Å². The van der Waals surface area contributed by atoms with Crippen LogP contribution in [0.1, 0.15) is 24.2 Å². The lowest BCUT2D eigenvalue weighted by Crippen LogP contribution is -2.22. The fraction of sp³-hybridized carbons (Fsp3) is 0.267. The monoisotopic (exact) mass is 290 g/mol. The lowest BCUT2D eigenvalue weighted by Gasteiger charge is -2.06. The van der Waals surface area contributed by atoms with Gasteiger partial charge in [0.1, 0.15) is 0 Å². The molecular formula is C15H18N2O4. The lowest BCUT2D eigenvalue weighted by molar-refractivity contribution is -0.137. The van der Waals surface area contributed by atoms with Gasteiger partial charge in [0.05, 0.1) is 6.61 Å². The molecule has 1 aromatic rings. The summed E-state index contributed by atoms with van der Waals surface area (Å²) in [5.41, 5.74) is 0.918. The third-order valence-corrected chi connectivity index (χ3v) is 2.39. The number of carbonyl (C=O) groups is 3. The second-order valence-electron chi connectivity index (χ2n) is 4.01. The van der Waals surface area contributed by atoms with Crippen molar-refractivity contribution in [1.29, 1.82) is 0 Å². The molecule has 0 aliphatic rings. The minimum absolute atomic E-state index is 0.212. The molecule has 2 amide bonds. The maximum Gasteiger partial charge on any atom is 0.330 e. The highest BCUT2D eigenvalue weighted by Gasteiger charge is 2.06. The van der Waals surface area contributed by atoms with E-state index >= 15 is 0 Å². The van der Waals surface area contributed by atoms with E-state index < -0.39 is 11.9 Å². The van der Waals surface area contributed by atoms with E-state index in [1.54, 1.807) is 31.2 Å². The summed E-state index contributed by atoms with van der Waals surface area (Å²) >= 11 is 0. The van der Waals surface area contributed by atoms with Gasteiger partial charge in [-0.3, -0.25) is 9.59 Å². The summed E-state index contributed by atoms with van der Waals surface area (Å²) < 4.78 is 4.66. The van der Waals surface area contributed by atoms with Crippen molar-refractivity contribution in [2.24, 2.45) is 0 Å². The summed E-state index contributed by atoms with van der Waals surface area (Å²) in [5, 5.41) is 5.23. The Morgan fingerprint density at radius 3 is 2.62 bits per heavy atom. The highest BCUT2D eigenvalue weighted by molar-refractivity contribution is 6.03. The number of hydrogen-bond acceptors (Lipinski definition) is 4. The molecule has 0 aromatic heterocycles. The number of rotatable bonds is 6. The molecule has 0 aliphatic carbocycles. The standard InChI is InChI=1S/C15H18N2O4/c1-3-16-15(20)11-6-5-7-12(10-11)17-13(18)8-9-14(19)21-4-2/h5-10H,3-4H2,1-2H3,(H,16,20)(H,17,18)/b9-8+. The van der Waals surface area contributed by atoms with Gasteiger partial charge in [0.25, 0.3) is 5.91 Å². The van der Waals surface area contributed by atoms with Crippen LogP contribution < -0.4 is 10.6 Å². The molecule has 0 fully saturated rings. The molecule has 0 heterocycles. The molecule has 0 aliphatic heterocycles. The fourth-order valence-corrected chi connectivity index (χ4v) is 1.52. The quantitative estimate of drug-likeness (QED) is 0.614. The van der Waals surface area contributed by atoms with Crippen molar-refractivity contribution in [3.05, 3.63) is 42.0 Å². The van der Waals surface area contributed by atoms with Crippen molar-refractivity contribution in [2.75, 3.05) is 18.5 Å². The Kier molecular flexibility index (Phi) is 6.67. The number of nitrogens with one attached hydrogen (secondary N) is 2. The third kappa shape index (κ3) is 5.90. The van der Waals surface area contributed by atoms with Gasteiger partial charge < -0.3 is 15.4 Å². The minimum Gasteiger partial charge on any atom is -0.463 e. The van der Waals surface area contributed by atoms with Gasteiger partial charge in [-0.2, -0.15) is 0 Å². The molecule has 0 bridgehead atoms. The SMILES string of the molecule is CCNC(=O)c1cccc(NC(=O)/C=C/C(=O)OCC)c1. The van der Waals surface area contributed by atoms with Crippen LogP contribution in [0.25, 0.3) is 0 Å². The largest absolute Gasteiger partial charge is 0.463 e. The molecule has 2 N–H and O–H groups in total. The summed E-state index contributed by atoms with van der Waals surface area (Å²) in [4.78, 5) is 34.4. The molecule has 0 unspecified atom stereocenters. The van der Waals surface area contributed by atoms with E-state index in [2.05, 4.69) is 15.4 Å². The van der Waals surface area contributed by atoms with Crippen LogP contribution in [0.3, 0.4) is 0 Å². The zero-order chi connectivity index (χ0) is 15.7. The first-order valence-corrected chi connectivity index (χ1v) is 6.60. The Hall–Kier alpha value is -2.63. The molecule has 0 spiro atoms. The summed E-state index contributed by atoms with van der Waals surface area (Å²) in [5.74, 6) is -1.27. The molecule has 0 radical (unpaired) electrons. The minimum atomic E-state index is -0.580. The van der Waals surface area contributed by atoms with Gasteiger partial charge in [0, 0.05) is 29.9 Å². The predicted molar refractivity (Wildman–Crippen MR) is 78.9 cm³/mol. The van der Waals surface area contributed by atoms with Crippen LogP contribution in [0.5, 0.6) is 0 Å². The average Bonchev–Trinajstić information content (AvgIpc) is 2.46. The maximum atomic E-state index is 11.7. The van der Waals surface area contributed by atoms with Gasteiger partial charge >= 0.3 is 5.97 Å². The number of benzene rings is 1. The second kappa shape index (κ2) is 8.52. The van der Waals surface area contributed by atoms with Gasteiger partial charge in [0.2, 0.25) is 5.91 Å². The van der Waals surface area contributed by atoms with E-state index in [9.17, 15) is 14.4 Å². The molecule has 112 valence electrons. The number of esters is 1. The molecule has 1 aromatic carbocycles. The van der Waals surface area contributed by atoms with Crippen LogP contribution in [0.4, 0.5) is 5.69 Å². The predicted octanol–water partition coefficient (Wildman–Crippen LogP) is 1.49. The van der Waals surface area contributed by atoms with Crippen molar-refractivity contribution < 1.29 is 19.1 Å². The van der Waals surface area contributed by atoms with Crippen molar-refractivity contribution in [3.63, 3.8) is 0 Å². The first-order chi connectivity index (χ1) is 10.1. The van der Waals surface area contributed by atoms with Crippen molar-refractivity contribution >= 4 is 23.5 Å². The number of amides is 2. The zero-order valence-electron chi connectivity index (χ0n) is 12.0. The first-order valence-electron chi connectivity index (χ1n) is 6.60. The topological polar surface area (TPSA) is 84.5 Å².